The van der Waals surface area contributed by atoms with Crippen LogP contribution in [0.2, 0.25) is 0 Å². The molecule has 0 aliphatic heterocycles. The van der Waals surface area contributed by atoms with Gasteiger partial charge >= 0.3 is 6.03 Å². The third-order valence-corrected chi connectivity index (χ3v) is 6.14. The van der Waals surface area contributed by atoms with Gasteiger partial charge in [0.2, 0.25) is 0 Å². The van der Waals surface area contributed by atoms with E-state index in [0.29, 0.717) is 0 Å². The van der Waals surface area contributed by atoms with Gasteiger partial charge in [-0.2, -0.15) is 0 Å². The largest absolute Gasteiger partial charge is 0.329 e. The molecule has 0 fully saturated rings. The number of rotatable bonds is 5. The lowest BCUT2D eigenvalue weighted by atomic mass is 9.99. The number of aryl methyl sites for hydroxylation is 2. The van der Waals surface area contributed by atoms with Crippen LogP contribution in [0.25, 0.3) is 0 Å². The highest BCUT2D eigenvalue weighted by atomic mass is 32.2. The Hall–Kier alpha value is -1.46. The monoisotopic (exact) mass is 359 g/mol. The summed E-state index contributed by atoms with van der Waals surface area (Å²) < 4.78 is 2.89. The van der Waals surface area contributed by atoms with Crippen LogP contribution in [-0.4, -0.2) is 30.6 Å². The van der Waals surface area contributed by atoms with Crippen molar-refractivity contribution in [2.75, 3.05) is 19.4 Å². The van der Waals surface area contributed by atoms with E-state index < -0.39 is 0 Å². The number of hydrogen-bond acceptors (Lipinski definition) is 3. The molecular formula is C20H29N3OS. The Morgan fingerprint density at radius 2 is 1.72 bits per heavy atom. The second-order valence-corrected chi connectivity index (χ2v) is 8.47. The van der Waals surface area contributed by atoms with Crippen LogP contribution >= 0.6 is 11.9 Å². The summed E-state index contributed by atoms with van der Waals surface area (Å²) in [6.07, 6.45) is 8.96. The van der Waals surface area contributed by atoms with Gasteiger partial charge in [-0.1, -0.05) is 12.1 Å². The van der Waals surface area contributed by atoms with Crippen molar-refractivity contribution in [3.63, 3.8) is 0 Å². The average Bonchev–Trinajstić information content (AvgIpc) is 3.20. The van der Waals surface area contributed by atoms with E-state index in [-0.39, 0.29) is 11.6 Å². The van der Waals surface area contributed by atoms with Crippen molar-refractivity contribution < 1.29 is 4.79 Å². The van der Waals surface area contributed by atoms with Crippen LogP contribution < -0.4 is 10.0 Å². The van der Waals surface area contributed by atoms with Crippen LogP contribution in [0.5, 0.6) is 0 Å². The number of fused-ring (bicyclic) bond motifs is 2. The number of nitrogens with one attached hydrogen (secondary N) is 2. The molecule has 0 unspecified atom stereocenters. The van der Waals surface area contributed by atoms with Gasteiger partial charge in [0.05, 0.1) is 0 Å². The number of amides is 2. The van der Waals surface area contributed by atoms with Gasteiger partial charge in [-0.3, -0.25) is 4.72 Å². The number of carbonyl (C=O) groups excluding carboxylic acids is 1. The number of anilines is 1. The first kappa shape index (κ1) is 18.3. The van der Waals surface area contributed by atoms with Gasteiger partial charge in [0, 0.05) is 11.2 Å². The molecule has 136 valence electrons. The Balaban J connectivity index is 1.64. The first-order valence-electron chi connectivity index (χ1n) is 9.13. The minimum absolute atomic E-state index is 0.0355. The molecule has 1 aromatic rings. The Bertz CT molecular complexity index is 662. The fourth-order valence-electron chi connectivity index (χ4n) is 3.54. The summed E-state index contributed by atoms with van der Waals surface area (Å²) in [7, 11) is 4.09. The first-order chi connectivity index (χ1) is 11.9. The van der Waals surface area contributed by atoms with E-state index in [1.807, 2.05) is 19.5 Å². The van der Waals surface area contributed by atoms with Crippen molar-refractivity contribution in [3.05, 3.63) is 39.8 Å². The fraction of sp³-hybridized carbons (Fsp3) is 0.550. The summed E-state index contributed by atoms with van der Waals surface area (Å²) in [5.74, 6) is 0. The van der Waals surface area contributed by atoms with E-state index in [9.17, 15) is 4.79 Å². The minimum Gasteiger partial charge on any atom is -0.307 e. The van der Waals surface area contributed by atoms with Gasteiger partial charge in [0.25, 0.3) is 0 Å². The number of likely N-dealkylation sites (N-methyl/N-ethyl adjacent to an activating group) is 1. The molecule has 0 saturated heterocycles. The predicted octanol–water partition coefficient (Wildman–Crippen LogP) is 4.29. The van der Waals surface area contributed by atoms with E-state index in [2.05, 4.69) is 40.9 Å². The molecular weight excluding hydrogens is 330 g/mol. The molecule has 2 amide bonds. The lowest BCUT2D eigenvalue weighted by Crippen LogP contribution is -2.35. The standard InChI is InChI=1S/C20H29N3OS/c1-20(2,23(3)4)11-12-25-22-19(24)21-18-16-9-5-7-14(16)13-15-8-6-10-17(15)18/h11-13H,5-10H2,1-4H3,(H2,21,22,24)/b12-11+. The third-order valence-electron chi connectivity index (χ3n) is 5.56. The predicted molar refractivity (Wildman–Crippen MR) is 107 cm³/mol. The summed E-state index contributed by atoms with van der Waals surface area (Å²) in [6, 6.07) is 2.25. The Morgan fingerprint density at radius 3 is 2.28 bits per heavy atom. The third kappa shape index (κ3) is 4.04. The van der Waals surface area contributed by atoms with Crippen molar-refractivity contribution in [1.29, 1.82) is 0 Å². The van der Waals surface area contributed by atoms with Crippen molar-refractivity contribution in [2.45, 2.75) is 57.9 Å². The van der Waals surface area contributed by atoms with Gasteiger partial charge in [-0.25, -0.2) is 4.79 Å². The van der Waals surface area contributed by atoms with Crippen LogP contribution in [0, 0.1) is 0 Å². The topological polar surface area (TPSA) is 44.4 Å². The number of urea groups is 1. The van der Waals surface area contributed by atoms with Crippen LogP contribution in [0.3, 0.4) is 0 Å². The Labute approximate surface area is 155 Å². The first-order valence-corrected chi connectivity index (χ1v) is 10.0. The Kier molecular flexibility index (Phi) is 5.44. The molecule has 0 radical (unpaired) electrons. The maximum absolute atomic E-state index is 12.4. The highest BCUT2D eigenvalue weighted by Gasteiger charge is 2.24. The van der Waals surface area contributed by atoms with E-state index in [1.165, 1.54) is 47.0 Å². The molecule has 2 aliphatic carbocycles. The maximum atomic E-state index is 12.4. The minimum atomic E-state index is -0.133. The van der Waals surface area contributed by atoms with Gasteiger partial charge in [-0.15, -0.1) is 0 Å². The molecule has 0 saturated carbocycles. The summed E-state index contributed by atoms with van der Waals surface area (Å²) in [5, 5.41) is 5.09. The molecule has 0 bridgehead atoms. The Morgan fingerprint density at radius 1 is 1.12 bits per heavy atom. The van der Waals surface area contributed by atoms with Crippen LogP contribution in [-0.2, 0) is 25.7 Å². The fourth-order valence-corrected chi connectivity index (χ4v) is 4.17. The normalized spacial score (nSPS) is 16.4. The van der Waals surface area contributed by atoms with Crippen LogP contribution in [0.1, 0.15) is 48.9 Å². The van der Waals surface area contributed by atoms with Gasteiger partial charge in [0.15, 0.2) is 0 Å². The highest BCUT2D eigenvalue weighted by molar-refractivity contribution is 8.00. The molecule has 1 aromatic carbocycles. The molecule has 25 heavy (non-hydrogen) atoms. The van der Waals surface area contributed by atoms with Gasteiger partial charge in [0.1, 0.15) is 0 Å². The lowest BCUT2D eigenvalue weighted by molar-refractivity contribution is 0.252. The summed E-state index contributed by atoms with van der Waals surface area (Å²) in [4.78, 5) is 14.5. The molecule has 4 nitrogen and oxygen atoms in total. The molecule has 5 heteroatoms. The smallest absolute Gasteiger partial charge is 0.307 e. The molecule has 3 rings (SSSR count). The van der Waals surface area contributed by atoms with Crippen molar-refractivity contribution in [1.82, 2.24) is 9.62 Å². The van der Waals surface area contributed by atoms with E-state index in [4.69, 9.17) is 0 Å². The van der Waals surface area contributed by atoms with Crippen molar-refractivity contribution in [2.24, 2.45) is 0 Å². The molecule has 0 heterocycles. The van der Waals surface area contributed by atoms with Crippen molar-refractivity contribution in [3.8, 4) is 0 Å². The van der Waals surface area contributed by atoms with Gasteiger partial charge in [-0.05, 0) is 106 Å². The van der Waals surface area contributed by atoms with E-state index in [1.54, 1.807) is 0 Å². The second kappa shape index (κ2) is 7.42. The number of benzene rings is 1. The number of carbonyl (C=O) groups is 1. The summed E-state index contributed by atoms with van der Waals surface area (Å²) >= 11 is 1.32. The average molecular weight is 360 g/mol. The van der Waals surface area contributed by atoms with E-state index in [0.717, 1.165) is 31.4 Å². The molecule has 2 N–H and O–H groups in total. The van der Waals surface area contributed by atoms with Crippen molar-refractivity contribution >= 4 is 23.7 Å². The molecule has 0 atom stereocenters. The molecule has 0 aromatic heterocycles. The lowest BCUT2D eigenvalue weighted by Gasteiger charge is -2.28. The zero-order valence-electron chi connectivity index (χ0n) is 15.7. The molecule has 2 aliphatic rings. The summed E-state index contributed by atoms with van der Waals surface area (Å²) in [6.45, 7) is 4.28. The zero-order chi connectivity index (χ0) is 18.0. The summed E-state index contributed by atoms with van der Waals surface area (Å²) in [5.41, 5.74) is 6.67. The highest BCUT2D eigenvalue weighted by Crippen LogP contribution is 2.38. The number of hydrogen-bond donors (Lipinski definition) is 2. The van der Waals surface area contributed by atoms with E-state index >= 15 is 0 Å². The maximum Gasteiger partial charge on any atom is 0.329 e. The quantitative estimate of drug-likeness (QED) is 0.771. The zero-order valence-corrected chi connectivity index (χ0v) is 16.6. The number of nitrogens with zero attached hydrogens (tertiary/aromatic N) is 1. The van der Waals surface area contributed by atoms with Crippen LogP contribution in [0.15, 0.2) is 17.6 Å². The second-order valence-electron chi connectivity index (χ2n) is 7.76. The SMILES string of the molecule is CN(C)C(C)(C)/C=C/SNC(=O)Nc1c2c(cc3c1CCC3)CCC2. The van der Waals surface area contributed by atoms with Gasteiger partial charge < -0.3 is 10.2 Å². The van der Waals surface area contributed by atoms with Crippen LogP contribution in [0.4, 0.5) is 10.5 Å². The molecule has 0 spiro atoms.